The second-order valence-electron chi connectivity index (χ2n) is 6.10. The summed E-state index contributed by atoms with van der Waals surface area (Å²) in [4.78, 5) is 0.128. The Hall–Kier alpha value is -2.93. The molecule has 0 spiro atoms. The van der Waals surface area contributed by atoms with E-state index in [1.165, 1.54) is 37.6 Å². The number of benzene rings is 2. The molecular weight excluding hydrogens is 413 g/mol. The number of fused-ring (bicyclic) bond motifs is 1. The zero-order chi connectivity index (χ0) is 21.7. The molecule has 0 aromatic heterocycles. The maximum absolute atomic E-state index is 12.4. The number of nitrogens with zero attached hydrogens (tertiary/aromatic N) is 3. The number of rotatable bonds is 8. The lowest BCUT2D eigenvalue weighted by Crippen LogP contribution is -2.29. The van der Waals surface area contributed by atoms with E-state index < -0.39 is 17.3 Å². The van der Waals surface area contributed by atoms with Gasteiger partial charge < -0.3 is 24.2 Å². The Morgan fingerprint density at radius 3 is 2.63 bits per heavy atom. The lowest BCUT2D eigenvalue weighted by atomic mass is 10.2. The molecule has 12 heteroatoms. The van der Waals surface area contributed by atoms with Crippen LogP contribution in [-0.4, -0.2) is 70.2 Å². The summed E-state index contributed by atoms with van der Waals surface area (Å²) in [7, 11) is -2.83. The van der Waals surface area contributed by atoms with Crippen LogP contribution in [-0.2, 0) is 14.8 Å². The molecule has 0 saturated carbocycles. The maximum atomic E-state index is 12.4. The van der Waals surface area contributed by atoms with Gasteiger partial charge in [0.15, 0.2) is 11.6 Å². The standard InChI is InChI=1S/C18H20BN3O7S/c1-27-10-9-22(18-14-5-3-4-6-17(14)30(25,26)21-18)20-12-13-7-8-15(29-19(23)24)16(11-13)28-2/h3-8,11-12,23-24H,9-10H2,1-2H3/b20-12+. The van der Waals surface area contributed by atoms with Gasteiger partial charge in [-0.05, 0) is 35.9 Å². The van der Waals surface area contributed by atoms with Crippen molar-refractivity contribution in [1.29, 1.82) is 0 Å². The molecule has 3 rings (SSSR count). The Morgan fingerprint density at radius 2 is 1.93 bits per heavy atom. The Balaban J connectivity index is 1.92. The topological polar surface area (TPSA) is 130 Å². The van der Waals surface area contributed by atoms with Crippen LogP contribution in [0.4, 0.5) is 0 Å². The van der Waals surface area contributed by atoms with Gasteiger partial charge in [-0.15, -0.1) is 4.40 Å². The predicted octanol–water partition coefficient (Wildman–Crippen LogP) is 0.475. The second kappa shape index (κ2) is 9.26. The van der Waals surface area contributed by atoms with Crippen LogP contribution in [0.25, 0.3) is 0 Å². The molecule has 10 nitrogen and oxygen atoms in total. The molecular formula is C18H20BN3O7S. The summed E-state index contributed by atoms with van der Waals surface area (Å²) in [6, 6.07) is 11.2. The van der Waals surface area contributed by atoms with E-state index in [4.69, 9.17) is 24.2 Å². The number of methoxy groups -OCH3 is 2. The van der Waals surface area contributed by atoms with E-state index in [0.29, 0.717) is 17.7 Å². The Labute approximate surface area is 174 Å². The van der Waals surface area contributed by atoms with Gasteiger partial charge in [-0.3, -0.25) is 0 Å². The first-order chi connectivity index (χ1) is 14.4. The van der Waals surface area contributed by atoms with Crippen molar-refractivity contribution in [2.45, 2.75) is 4.90 Å². The third-order valence-corrected chi connectivity index (χ3v) is 5.46. The van der Waals surface area contributed by atoms with Crippen molar-refractivity contribution in [1.82, 2.24) is 5.01 Å². The van der Waals surface area contributed by atoms with Gasteiger partial charge in [0.2, 0.25) is 0 Å². The molecule has 30 heavy (non-hydrogen) atoms. The van der Waals surface area contributed by atoms with Gasteiger partial charge in [0.05, 0.1) is 26.5 Å². The molecule has 0 unspecified atom stereocenters. The summed E-state index contributed by atoms with van der Waals surface area (Å²) in [6.45, 7) is 0.563. The SMILES string of the molecule is COCCN(/N=C/c1ccc(OB(O)O)c(OC)c1)C1=NS(=O)(=O)c2ccccc21. The highest BCUT2D eigenvalue weighted by Crippen LogP contribution is 2.29. The molecule has 158 valence electrons. The van der Waals surface area contributed by atoms with E-state index in [1.807, 2.05) is 0 Å². The highest BCUT2D eigenvalue weighted by molar-refractivity contribution is 7.90. The number of ether oxygens (including phenoxy) is 2. The number of amidine groups is 1. The van der Waals surface area contributed by atoms with Crippen LogP contribution in [0.1, 0.15) is 11.1 Å². The highest BCUT2D eigenvalue weighted by atomic mass is 32.2. The average molecular weight is 433 g/mol. The lowest BCUT2D eigenvalue weighted by molar-refractivity contribution is 0.178. The summed E-state index contributed by atoms with van der Waals surface area (Å²) < 4.78 is 43.7. The fourth-order valence-electron chi connectivity index (χ4n) is 2.78. The molecule has 0 saturated heterocycles. The molecule has 0 bridgehead atoms. The minimum absolute atomic E-state index is 0.128. The summed E-state index contributed by atoms with van der Waals surface area (Å²) in [6.07, 6.45) is 1.49. The smallest absolute Gasteiger partial charge is 0.509 e. The molecule has 0 amide bonds. The monoisotopic (exact) mass is 433 g/mol. The second-order valence-corrected chi connectivity index (χ2v) is 7.67. The first kappa shape index (κ1) is 21.8. The van der Waals surface area contributed by atoms with Gasteiger partial charge >= 0.3 is 7.32 Å². The first-order valence-electron chi connectivity index (χ1n) is 8.81. The number of hydrazone groups is 1. The van der Waals surface area contributed by atoms with Crippen LogP contribution in [0.3, 0.4) is 0 Å². The van der Waals surface area contributed by atoms with E-state index in [9.17, 15) is 8.42 Å². The van der Waals surface area contributed by atoms with Crippen molar-refractivity contribution < 1.29 is 32.6 Å². The normalized spacial score (nSPS) is 14.3. The van der Waals surface area contributed by atoms with Gasteiger partial charge in [-0.2, -0.15) is 13.5 Å². The fourth-order valence-corrected chi connectivity index (χ4v) is 3.99. The molecule has 2 aromatic carbocycles. The maximum Gasteiger partial charge on any atom is 0.707 e. The summed E-state index contributed by atoms with van der Waals surface area (Å²) in [5.74, 6) is 0.608. The van der Waals surface area contributed by atoms with Crippen LogP contribution >= 0.6 is 0 Å². The number of hydrogen-bond acceptors (Lipinski definition) is 9. The molecule has 1 heterocycles. The minimum atomic E-state index is -3.79. The molecule has 0 aliphatic carbocycles. The third kappa shape index (κ3) is 4.79. The molecule has 0 radical (unpaired) electrons. The Morgan fingerprint density at radius 1 is 1.17 bits per heavy atom. The zero-order valence-corrected chi connectivity index (χ0v) is 17.1. The van der Waals surface area contributed by atoms with Crippen molar-refractivity contribution in [2.24, 2.45) is 9.50 Å². The third-order valence-electron chi connectivity index (χ3n) is 4.13. The Bertz CT molecular complexity index is 1070. The van der Waals surface area contributed by atoms with Crippen LogP contribution in [0.15, 0.2) is 56.9 Å². The Kier molecular flexibility index (Phi) is 6.72. The molecule has 0 fully saturated rings. The quantitative estimate of drug-likeness (QED) is 0.349. The molecule has 2 aromatic rings. The fraction of sp³-hybridized carbons (Fsp3) is 0.222. The molecule has 1 aliphatic heterocycles. The van der Waals surface area contributed by atoms with Gasteiger partial charge in [0, 0.05) is 12.7 Å². The summed E-state index contributed by atoms with van der Waals surface area (Å²) in [5, 5.41) is 23.8. The van der Waals surface area contributed by atoms with Gasteiger partial charge in [0.25, 0.3) is 10.0 Å². The average Bonchev–Trinajstić information content (AvgIpc) is 3.00. The van der Waals surface area contributed by atoms with Crippen molar-refractivity contribution in [3.63, 3.8) is 0 Å². The molecule has 0 atom stereocenters. The van der Waals surface area contributed by atoms with E-state index in [-0.39, 0.29) is 28.8 Å². The van der Waals surface area contributed by atoms with Crippen LogP contribution in [0.5, 0.6) is 11.5 Å². The van der Waals surface area contributed by atoms with Crippen molar-refractivity contribution in [3.05, 3.63) is 53.6 Å². The van der Waals surface area contributed by atoms with Crippen molar-refractivity contribution in [3.8, 4) is 11.5 Å². The van der Waals surface area contributed by atoms with Gasteiger partial charge in [0.1, 0.15) is 10.6 Å². The van der Waals surface area contributed by atoms with Crippen LogP contribution in [0.2, 0.25) is 0 Å². The van der Waals surface area contributed by atoms with E-state index in [1.54, 1.807) is 30.3 Å². The van der Waals surface area contributed by atoms with E-state index in [2.05, 4.69) is 9.50 Å². The largest absolute Gasteiger partial charge is 0.707 e. The number of hydrogen-bond donors (Lipinski definition) is 2. The van der Waals surface area contributed by atoms with Crippen molar-refractivity contribution in [2.75, 3.05) is 27.4 Å². The van der Waals surface area contributed by atoms with Crippen LogP contribution < -0.4 is 9.39 Å². The minimum Gasteiger partial charge on any atom is -0.509 e. The predicted molar refractivity (Wildman–Crippen MR) is 110 cm³/mol. The van der Waals surface area contributed by atoms with E-state index in [0.717, 1.165) is 0 Å². The first-order valence-corrected chi connectivity index (χ1v) is 10.3. The summed E-state index contributed by atoms with van der Waals surface area (Å²) >= 11 is 0. The zero-order valence-electron chi connectivity index (χ0n) is 16.3. The van der Waals surface area contributed by atoms with Gasteiger partial charge in [-0.25, -0.2) is 5.01 Å². The number of sulfonamides is 1. The highest BCUT2D eigenvalue weighted by Gasteiger charge is 2.31. The van der Waals surface area contributed by atoms with Crippen molar-refractivity contribution >= 4 is 29.4 Å². The molecule has 2 N–H and O–H groups in total. The van der Waals surface area contributed by atoms with Gasteiger partial charge in [-0.1, -0.05) is 12.1 Å². The molecule has 1 aliphatic rings. The lowest BCUT2D eigenvalue weighted by Gasteiger charge is -2.18. The summed E-state index contributed by atoms with van der Waals surface area (Å²) in [5.41, 5.74) is 1.06. The van der Waals surface area contributed by atoms with Crippen LogP contribution in [0, 0.1) is 0 Å². The van der Waals surface area contributed by atoms with E-state index >= 15 is 0 Å².